The number of imide groups is 1. The quantitative estimate of drug-likeness (QED) is 0.478. The van der Waals surface area contributed by atoms with Crippen LogP contribution in [0, 0.1) is 20.8 Å². The van der Waals surface area contributed by atoms with Crippen LogP contribution in [0.5, 0.6) is 0 Å². The molecular weight excluding hydrogens is 428 g/mol. The number of hydrogen-bond acceptors (Lipinski definition) is 3. The summed E-state index contributed by atoms with van der Waals surface area (Å²) in [5.41, 5.74) is 3.12. The van der Waals surface area contributed by atoms with Gasteiger partial charge in [0.15, 0.2) is 12.4 Å². The first-order valence-electron chi connectivity index (χ1n) is 10.4. The Balaban J connectivity index is 1.99. The average molecular weight is 452 g/mol. The number of carbonyl (C=O) groups excluding carboxylic acids is 2. The summed E-state index contributed by atoms with van der Waals surface area (Å²) in [4.78, 5) is 41.4. The molecule has 4 rings (SSSR count). The van der Waals surface area contributed by atoms with E-state index in [9.17, 15) is 14.4 Å². The monoisotopic (exact) mass is 451 g/mol. The van der Waals surface area contributed by atoms with E-state index in [0.29, 0.717) is 22.8 Å². The van der Waals surface area contributed by atoms with Gasteiger partial charge >= 0.3 is 5.91 Å². The zero-order valence-corrected chi connectivity index (χ0v) is 19.2. The Labute approximate surface area is 190 Å². The van der Waals surface area contributed by atoms with E-state index in [4.69, 9.17) is 11.6 Å². The van der Waals surface area contributed by atoms with E-state index in [-0.39, 0.29) is 23.4 Å². The smallest absolute Gasteiger partial charge is 0.295 e. The lowest BCUT2D eigenvalue weighted by Gasteiger charge is -2.11. The van der Waals surface area contributed by atoms with Gasteiger partial charge in [-0.05, 0) is 51.0 Å². The summed E-state index contributed by atoms with van der Waals surface area (Å²) in [5.74, 6) is -0.871. The van der Waals surface area contributed by atoms with E-state index in [1.165, 1.54) is 9.58 Å². The highest BCUT2D eigenvalue weighted by atomic mass is 35.5. The highest BCUT2D eigenvalue weighted by molar-refractivity contribution is 6.44. The first kappa shape index (κ1) is 21.8. The molecule has 0 spiro atoms. The molecule has 0 radical (unpaired) electrons. The summed E-state index contributed by atoms with van der Waals surface area (Å²) in [6.07, 6.45) is 4.17. The Kier molecular flexibility index (Phi) is 5.60. The van der Waals surface area contributed by atoms with Crippen molar-refractivity contribution in [3.63, 3.8) is 0 Å². The summed E-state index contributed by atoms with van der Waals surface area (Å²) >= 11 is 6.10. The SMILES string of the molecule is CCCN1C(=O)C(c2c(C)[nH]n(-c3cccc(Cl)c3)c2=O)=C([n+]2ccc(C)c(C)c2)C1=O. The zero-order chi connectivity index (χ0) is 23.2. The van der Waals surface area contributed by atoms with Crippen LogP contribution in [-0.2, 0) is 9.59 Å². The Hall–Kier alpha value is -3.45. The normalized spacial score (nSPS) is 14.1. The maximum atomic E-state index is 13.5. The van der Waals surface area contributed by atoms with Gasteiger partial charge in [-0.15, -0.1) is 0 Å². The largest absolute Gasteiger partial charge is 0.326 e. The number of benzene rings is 1. The number of pyridine rings is 1. The summed E-state index contributed by atoms with van der Waals surface area (Å²) in [7, 11) is 0. The van der Waals surface area contributed by atoms with E-state index in [1.807, 2.05) is 33.0 Å². The van der Waals surface area contributed by atoms with Gasteiger partial charge in [-0.3, -0.25) is 24.4 Å². The maximum Gasteiger partial charge on any atom is 0.326 e. The Bertz CT molecular complexity index is 1350. The van der Waals surface area contributed by atoms with Gasteiger partial charge in [-0.1, -0.05) is 24.6 Å². The van der Waals surface area contributed by atoms with Crippen molar-refractivity contribution in [2.45, 2.75) is 34.1 Å². The van der Waals surface area contributed by atoms with Crippen LogP contribution in [0.25, 0.3) is 17.0 Å². The molecule has 0 aliphatic carbocycles. The summed E-state index contributed by atoms with van der Waals surface area (Å²) in [6, 6.07) is 8.73. The van der Waals surface area contributed by atoms with Crippen molar-refractivity contribution in [2.75, 3.05) is 6.54 Å². The molecule has 7 nitrogen and oxygen atoms in total. The molecule has 1 aromatic carbocycles. The number of rotatable bonds is 5. The number of nitrogens with zero attached hydrogens (tertiary/aromatic N) is 3. The summed E-state index contributed by atoms with van der Waals surface area (Å²) in [5, 5.41) is 3.51. The van der Waals surface area contributed by atoms with Crippen LogP contribution in [0.15, 0.2) is 47.5 Å². The van der Waals surface area contributed by atoms with Crippen LogP contribution in [-0.4, -0.2) is 33.0 Å². The first-order valence-corrected chi connectivity index (χ1v) is 10.8. The Morgan fingerprint density at radius 3 is 2.44 bits per heavy atom. The number of halogens is 1. The molecule has 32 heavy (non-hydrogen) atoms. The van der Waals surface area contributed by atoms with E-state index in [2.05, 4.69) is 5.10 Å². The molecule has 0 atom stereocenters. The van der Waals surface area contributed by atoms with Crippen LogP contribution in [0.3, 0.4) is 0 Å². The fourth-order valence-electron chi connectivity index (χ4n) is 3.91. The molecule has 0 saturated heterocycles. The van der Waals surface area contributed by atoms with E-state index in [1.54, 1.807) is 42.0 Å². The van der Waals surface area contributed by atoms with E-state index in [0.717, 1.165) is 11.1 Å². The van der Waals surface area contributed by atoms with Crippen molar-refractivity contribution in [3.8, 4) is 5.69 Å². The molecule has 3 heterocycles. The molecule has 0 saturated carbocycles. The topological polar surface area (TPSA) is 79.1 Å². The summed E-state index contributed by atoms with van der Waals surface area (Å²) in [6.45, 7) is 7.80. The number of hydrogen-bond donors (Lipinski definition) is 1. The highest BCUT2D eigenvalue weighted by Gasteiger charge is 2.46. The van der Waals surface area contributed by atoms with Gasteiger partial charge in [0.25, 0.3) is 17.2 Å². The third-order valence-corrected chi connectivity index (χ3v) is 5.91. The Morgan fingerprint density at radius 1 is 1.03 bits per heavy atom. The molecule has 1 N–H and O–H groups in total. The lowest BCUT2D eigenvalue weighted by atomic mass is 10.1. The number of aromatic nitrogens is 3. The number of aromatic amines is 1. The molecule has 0 unspecified atom stereocenters. The molecule has 2 amide bonds. The fraction of sp³-hybridized carbons (Fsp3) is 0.250. The minimum atomic E-state index is -0.463. The van der Waals surface area contributed by atoms with Crippen molar-refractivity contribution in [3.05, 3.63) is 80.5 Å². The molecule has 3 aromatic rings. The molecule has 8 heteroatoms. The Morgan fingerprint density at radius 2 is 1.78 bits per heavy atom. The minimum absolute atomic E-state index is 0.108. The third-order valence-electron chi connectivity index (χ3n) is 5.68. The van der Waals surface area contributed by atoms with Crippen molar-refractivity contribution in [1.82, 2.24) is 14.7 Å². The van der Waals surface area contributed by atoms with Gasteiger partial charge in [-0.25, -0.2) is 4.68 Å². The molecule has 1 aliphatic rings. The van der Waals surface area contributed by atoms with Crippen LogP contribution >= 0.6 is 11.6 Å². The molecule has 0 fully saturated rings. The van der Waals surface area contributed by atoms with E-state index >= 15 is 0 Å². The van der Waals surface area contributed by atoms with Gasteiger partial charge < -0.3 is 0 Å². The predicted octanol–water partition coefficient (Wildman–Crippen LogP) is 3.18. The number of nitrogens with one attached hydrogen (secondary N) is 1. The number of carbonyl (C=O) groups is 2. The summed E-state index contributed by atoms with van der Waals surface area (Å²) < 4.78 is 2.98. The number of aryl methyl sites for hydroxylation is 3. The maximum absolute atomic E-state index is 13.5. The van der Waals surface area contributed by atoms with Gasteiger partial charge in [-0.2, -0.15) is 4.57 Å². The lowest BCUT2D eigenvalue weighted by molar-refractivity contribution is -0.577. The second-order valence-electron chi connectivity index (χ2n) is 7.94. The van der Waals surface area contributed by atoms with Crippen molar-refractivity contribution >= 4 is 34.7 Å². The number of amides is 2. The van der Waals surface area contributed by atoms with Gasteiger partial charge in [0.05, 0.1) is 11.3 Å². The van der Waals surface area contributed by atoms with Gasteiger partial charge in [0.2, 0.25) is 0 Å². The third kappa shape index (κ3) is 3.48. The second-order valence-corrected chi connectivity index (χ2v) is 8.37. The first-order chi connectivity index (χ1) is 15.2. The average Bonchev–Trinajstić information content (AvgIpc) is 3.17. The van der Waals surface area contributed by atoms with Crippen LogP contribution in [0.1, 0.15) is 35.7 Å². The molecule has 164 valence electrons. The van der Waals surface area contributed by atoms with Gasteiger partial charge in [0.1, 0.15) is 5.57 Å². The van der Waals surface area contributed by atoms with Crippen LogP contribution in [0.2, 0.25) is 5.02 Å². The van der Waals surface area contributed by atoms with Crippen LogP contribution in [0.4, 0.5) is 0 Å². The van der Waals surface area contributed by atoms with E-state index < -0.39 is 17.4 Å². The second kappa shape index (κ2) is 8.24. The molecule has 2 aromatic heterocycles. The lowest BCUT2D eigenvalue weighted by Crippen LogP contribution is -2.40. The van der Waals surface area contributed by atoms with Crippen molar-refractivity contribution < 1.29 is 14.2 Å². The van der Waals surface area contributed by atoms with Gasteiger partial charge in [0, 0.05) is 28.9 Å². The predicted molar refractivity (Wildman–Crippen MR) is 122 cm³/mol. The standard InChI is InChI=1S/C24H23ClN4O3/c1-5-10-28-22(30)20(21(24(28)32)27-11-9-14(2)15(3)13-27)19-16(4)26-29(23(19)31)18-8-6-7-17(25)12-18/h6-9,11-13H,5,10H2,1-4H3/p+1. The van der Waals surface area contributed by atoms with Crippen LogP contribution < -0.4 is 10.1 Å². The number of H-pyrrole nitrogens is 1. The minimum Gasteiger partial charge on any atom is -0.295 e. The highest BCUT2D eigenvalue weighted by Crippen LogP contribution is 2.30. The van der Waals surface area contributed by atoms with Crippen molar-refractivity contribution in [1.29, 1.82) is 0 Å². The molecule has 1 aliphatic heterocycles. The molecular formula is C24H24ClN4O3+. The molecule has 0 bridgehead atoms. The fourth-order valence-corrected chi connectivity index (χ4v) is 4.09. The van der Waals surface area contributed by atoms with Crippen molar-refractivity contribution in [2.24, 2.45) is 0 Å². The zero-order valence-electron chi connectivity index (χ0n) is 18.4.